The summed E-state index contributed by atoms with van der Waals surface area (Å²) in [7, 11) is -0.867. The molecule has 4 aromatic rings. The van der Waals surface area contributed by atoms with Crippen LogP contribution in [0, 0.1) is 5.92 Å². The number of nitrogens with one attached hydrogen (secondary N) is 1. The fourth-order valence-electron chi connectivity index (χ4n) is 8.81. The van der Waals surface area contributed by atoms with Crippen LogP contribution in [0.2, 0.25) is 18.6 Å². The fraction of sp³-hybridized carbons (Fsp3) is 0.450. The van der Waals surface area contributed by atoms with E-state index in [9.17, 15) is 30.3 Å². The second kappa shape index (κ2) is 15.8. The molecule has 0 unspecified atom stereocenters. The first-order valence-corrected chi connectivity index (χ1v) is 21.9. The first-order chi connectivity index (χ1) is 26.8. The third-order valence-electron chi connectivity index (χ3n) is 11.7. The number of benzene rings is 3. The van der Waals surface area contributed by atoms with E-state index in [1.807, 2.05) is 48.7 Å². The molecule has 7 rings (SSSR count). The average Bonchev–Trinajstić information content (AvgIpc) is 3.84. The second-order valence-corrected chi connectivity index (χ2v) is 20.1. The number of hydrogen-bond donors (Lipinski definition) is 6. The Morgan fingerprint density at radius 3 is 2.43 bits per heavy atom. The number of aliphatic hydroxyl groups is 5. The molecular formula is C40H49N5O10Si. The SMILES string of the molecule is COc1ccc([Si](C)(C)[C@@H]2[C@@H](CCn3cc(CCO)nn3)O[C@]3(C(=O)N(Cc4ccccc4)c4ccc(NC(=O)[C@H]5O[C@@H](O)[C@H](O)[C@@H](O)[C@@H]5O)cc43)[C@H]2C)cc1. The van der Waals surface area contributed by atoms with Gasteiger partial charge >= 0.3 is 0 Å². The van der Waals surface area contributed by atoms with Gasteiger partial charge in [0.15, 0.2) is 18.0 Å². The van der Waals surface area contributed by atoms with Crippen molar-refractivity contribution >= 4 is 36.4 Å². The zero-order valence-corrected chi connectivity index (χ0v) is 32.7. The highest BCUT2D eigenvalue weighted by Crippen LogP contribution is 2.60. The number of fused-ring (bicyclic) bond motifs is 2. The third kappa shape index (κ3) is 7.04. The maximum Gasteiger partial charge on any atom is 0.264 e. The van der Waals surface area contributed by atoms with Gasteiger partial charge in [-0.05, 0) is 47.9 Å². The van der Waals surface area contributed by atoms with Crippen molar-refractivity contribution in [2.24, 2.45) is 5.92 Å². The molecule has 6 N–H and O–H groups in total. The summed E-state index contributed by atoms with van der Waals surface area (Å²) in [5.41, 5.74) is 1.51. The van der Waals surface area contributed by atoms with Gasteiger partial charge in [0.1, 0.15) is 24.1 Å². The minimum absolute atomic E-state index is 0.0427. The molecule has 0 saturated carbocycles. The number of hydrogen-bond acceptors (Lipinski definition) is 12. The lowest BCUT2D eigenvalue weighted by Gasteiger charge is -2.37. The van der Waals surface area contributed by atoms with Gasteiger partial charge in [-0.25, -0.2) is 0 Å². The van der Waals surface area contributed by atoms with E-state index >= 15 is 4.79 Å². The molecular weight excluding hydrogens is 739 g/mol. The lowest BCUT2D eigenvalue weighted by molar-refractivity contribution is -0.274. The van der Waals surface area contributed by atoms with E-state index < -0.39 is 56.4 Å². The summed E-state index contributed by atoms with van der Waals surface area (Å²) in [4.78, 5) is 30.5. The first-order valence-electron chi connectivity index (χ1n) is 18.8. The molecule has 0 bridgehead atoms. The van der Waals surface area contributed by atoms with E-state index in [1.54, 1.807) is 34.9 Å². The van der Waals surface area contributed by atoms with Gasteiger partial charge in [-0.1, -0.05) is 72.9 Å². The molecule has 3 aliphatic rings. The highest BCUT2D eigenvalue weighted by atomic mass is 28.3. The molecule has 0 aliphatic carbocycles. The molecule has 2 amide bonds. The number of carbonyl (C=O) groups excluding carboxylic acids is 2. The molecule has 56 heavy (non-hydrogen) atoms. The average molecular weight is 788 g/mol. The summed E-state index contributed by atoms with van der Waals surface area (Å²) in [6.45, 7) is 7.33. The molecule has 2 saturated heterocycles. The fourth-order valence-corrected chi connectivity index (χ4v) is 12.9. The minimum atomic E-state index is -2.49. The van der Waals surface area contributed by atoms with E-state index in [0.29, 0.717) is 36.3 Å². The van der Waals surface area contributed by atoms with Gasteiger partial charge in [-0.2, -0.15) is 0 Å². The second-order valence-electron chi connectivity index (χ2n) is 15.4. The maximum atomic E-state index is 15.2. The van der Waals surface area contributed by atoms with E-state index in [2.05, 4.69) is 47.8 Å². The lowest BCUT2D eigenvalue weighted by atomic mass is 9.82. The standard InChI is InChI=1S/C40H49N5O10Si/c1-23-36(56(3,4)28-13-11-27(53-2)12-14-28)31(16-18-44-22-26(17-19-46)42-43-44)55-40(23)29-20-25(41-37(50)35-33(48)32(47)34(49)38(51)54-35)10-15-30(29)45(39(40)52)21-24-8-6-5-7-9-24/h5-15,20,22-23,31-36,38,46-49,51H,16-19,21H2,1-4H3,(H,41,50)/t23-,31+,32-,33-,34+,35-,36-,38+,40+/m0/s1. The lowest BCUT2D eigenvalue weighted by Crippen LogP contribution is -2.60. The zero-order chi connectivity index (χ0) is 39.9. The normalized spacial score (nSPS) is 28.8. The topological polar surface area (TPSA) is 209 Å². The summed E-state index contributed by atoms with van der Waals surface area (Å²) in [5.74, 6) is -0.703. The van der Waals surface area contributed by atoms with E-state index in [1.165, 1.54) is 5.19 Å². The van der Waals surface area contributed by atoms with Gasteiger partial charge in [0, 0.05) is 42.9 Å². The monoisotopic (exact) mass is 787 g/mol. The van der Waals surface area contributed by atoms with Crippen LogP contribution in [0.5, 0.6) is 5.75 Å². The summed E-state index contributed by atoms with van der Waals surface area (Å²) < 4.78 is 19.6. The molecule has 2 fully saturated rings. The molecule has 0 radical (unpaired) electrons. The summed E-state index contributed by atoms with van der Waals surface area (Å²) in [6.07, 6.45) is -6.72. The Bertz CT molecular complexity index is 2030. The third-order valence-corrected chi connectivity index (χ3v) is 16.1. The molecule has 9 atom stereocenters. The van der Waals surface area contributed by atoms with Crippen LogP contribution in [-0.2, 0) is 44.2 Å². The van der Waals surface area contributed by atoms with Crippen molar-refractivity contribution in [3.05, 3.63) is 95.8 Å². The van der Waals surface area contributed by atoms with Crippen LogP contribution in [-0.4, -0.2) is 111 Å². The number of amides is 2. The Morgan fingerprint density at radius 2 is 1.73 bits per heavy atom. The smallest absolute Gasteiger partial charge is 0.264 e. The Labute approximate surface area is 325 Å². The number of aliphatic hydroxyl groups excluding tert-OH is 5. The van der Waals surface area contributed by atoms with Gasteiger partial charge in [-0.3, -0.25) is 14.3 Å². The number of aromatic nitrogens is 3. The highest BCUT2D eigenvalue weighted by molar-refractivity contribution is 6.91. The van der Waals surface area contributed by atoms with Crippen LogP contribution in [0.3, 0.4) is 0 Å². The molecule has 298 valence electrons. The Morgan fingerprint density at radius 1 is 1.00 bits per heavy atom. The molecule has 16 heteroatoms. The summed E-state index contributed by atoms with van der Waals surface area (Å²) >= 11 is 0. The number of rotatable bonds is 12. The molecule has 1 aromatic heterocycles. The van der Waals surface area contributed by atoms with Crippen LogP contribution in [0.4, 0.5) is 11.4 Å². The number of anilines is 2. The zero-order valence-electron chi connectivity index (χ0n) is 31.7. The first kappa shape index (κ1) is 39.7. The number of ether oxygens (including phenoxy) is 3. The van der Waals surface area contributed by atoms with Crippen LogP contribution in [0.15, 0.2) is 79.0 Å². The number of aryl methyl sites for hydroxylation is 1. The van der Waals surface area contributed by atoms with E-state index in [0.717, 1.165) is 11.3 Å². The number of nitrogens with zero attached hydrogens (tertiary/aromatic N) is 4. The van der Waals surface area contributed by atoms with Crippen molar-refractivity contribution in [1.29, 1.82) is 0 Å². The van der Waals surface area contributed by atoms with Gasteiger partial charge < -0.3 is 50.0 Å². The van der Waals surface area contributed by atoms with E-state index in [-0.39, 0.29) is 36.2 Å². The van der Waals surface area contributed by atoms with Crippen molar-refractivity contribution in [2.45, 2.75) is 93.9 Å². The summed E-state index contributed by atoms with van der Waals surface area (Å²) in [6, 6.07) is 22.8. The predicted octanol–water partition coefficient (Wildman–Crippen LogP) is 1.41. The van der Waals surface area contributed by atoms with Crippen molar-refractivity contribution in [1.82, 2.24) is 15.0 Å². The van der Waals surface area contributed by atoms with Crippen LogP contribution < -0.4 is 20.1 Å². The van der Waals surface area contributed by atoms with Crippen molar-refractivity contribution in [2.75, 3.05) is 23.9 Å². The largest absolute Gasteiger partial charge is 0.497 e. The Kier molecular flexibility index (Phi) is 11.2. The van der Waals surface area contributed by atoms with E-state index in [4.69, 9.17) is 14.2 Å². The molecule has 4 heterocycles. The van der Waals surface area contributed by atoms with Crippen molar-refractivity contribution < 1.29 is 49.3 Å². The summed E-state index contributed by atoms with van der Waals surface area (Å²) in [5, 5.41) is 62.6. The highest BCUT2D eigenvalue weighted by Gasteiger charge is 2.66. The van der Waals surface area contributed by atoms with Crippen molar-refractivity contribution in [3.63, 3.8) is 0 Å². The Balaban J connectivity index is 1.29. The quantitative estimate of drug-likeness (QED) is 0.113. The van der Waals surface area contributed by atoms with Gasteiger partial charge in [-0.15, -0.1) is 5.10 Å². The van der Waals surface area contributed by atoms with Gasteiger partial charge in [0.25, 0.3) is 11.8 Å². The van der Waals surface area contributed by atoms with Gasteiger partial charge in [0.05, 0.1) is 39.2 Å². The van der Waals surface area contributed by atoms with Crippen molar-refractivity contribution in [3.8, 4) is 5.75 Å². The maximum absolute atomic E-state index is 15.2. The minimum Gasteiger partial charge on any atom is -0.497 e. The number of methoxy groups -OCH3 is 1. The van der Waals surface area contributed by atoms with Crippen LogP contribution in [0.25, 0.3) is 0 Å². The van der Waals surface area contributed by atoms with Crippen LogP contribution in [0.1, 0.15) is 30.2 Å². The molecule has 1 spiro atoms. The molecule has 3 aliphatic heterocycles. The predicted molar refractivity (Wildman–Crippen MR) is 207 cm³/mol. The Hall–Kier alpha value is -4.52. The van der Waals surface area contributed by atoms with Crippen LogP contribution >= 0.6 is 0 Å². The molecule has 3 aromatic carbocycles. The number of carbonyl (C=O) groups is 2. The molecule has 15 nitrogen and oxygen atoms in total. The van der Waals surface area contributed by atoms with Gasteiger partial charge in [0.2, 0.25) is 0 Å².